The Morgan fingerprint density at radius 3 is 2.88 bits per heavy atom. The predicted molar refractivity (Wildman–Crippen MR) is 67.6 cm³/mol. The van der Waals surface area contributed by atoms with Gasteiger partial charge in [-0.25, -0.2) is 0 Å². The van der Waals surface area contributed by atoms with Crippen molar-refractivity contribution in [1.82, 2.24) is 10.3 Å². The van der Waals surface area contributed by atoms with Gasteiger partial charge in [0.2, 0.25) is 0 Å². The Bertz CT molecular complexity index is 334. The van der Waals surface area contributed by atoms with Gasteiger partial charge in [0.15, 0.2) is 0 Å². The zero-order valence-corrected chi connectivity index (χ0v) is 10.5. The van der Waals surface area contributed by atoms with Gasteiger partial charge >= 0.3 is 0 Å². The molecule has 1 N–H and O–H groups in total. The zero-order chi connectivity index (χ0) is 11.4. The Morgan fingerprint density at radius 2 is 2.25 bits per heavy atom. The number of halogens is 1. The largest absolute Gasteiger partial charge is 0.313 e. The number of nitrogens with zero attached hydrogens (tertiary/aromatic N) is 1. The summed E-state index contributed by atoms with van der Waals surface area (Å²) in [5.74, 6) is 0.863. The minimum Gasteiger partial charge on any atom is -0.313 e. The first kappa shape index (κ1) is 11.9. The minimum absolute atomic E-state index is 0.374. The molecular weight excluding hydrogens is 220 g/mol. The van der Waals surface area contributed by atoms with Crippen molar-refractivity contribution in [3.8, 4) is 0 Å². The maximum Gasteiger partial charge on any atom is 0.0637 e. The zero-order valence-electron chi connectivity index (χ0n) is 9.75. The maximum atomic E-state index is 6.18. The first-order valence-electron chi connectivity index (χ1n) is 6.08. The lowest BCUT2D eigenvalue weighted by Crippen LogP contribution is -2.19. The van der Waals surface area contributed by atoms with E-state index in [2.05, 4.69) is 10.3 Å². The van der Waals surface area contributed by atoms with Crippen LogP contribution in [0.15, 0.2) is 18.5 Å². The summed E-state index contributed by atoms with van der Waals surface area (Å²) in [6.45, 7) is 0. The summed E-state index contributed by atoms with van der Waals surface area (Å²) in [5, 5.41) is 4.15. The molecule has 3 heteroatoms. The molecule has 1 heterocycles. The highest BCUT2D eigenvalue weighted by Gasteiger charge is 2.21. The molecule has 0 saturated heterocycles. The fourth-order valence-corrected chi connectivity index (χ4v) is 2.90. The highest BCUT2D eigenvalue weighted by molar-refractivity contribution is 6.31. The van der Waals surface area contributed by atoms with Crippen molar-refractivity contribution in [2.75, 3.05) is 7.05 Å². The first-order chi connectivity index (χ1) is 7.81. The van der Waals surface area contributed by atoms with Gasteiger partial charge in [-0.05, 0) is 31.0 Å². The van der Waals surface area contributed by atoms with Crippen LogP contribution in [0.1, 0.15) is 43.7 Å². The van der Waals surface area contributed by atoms with E-state index in [-0.39, 0.29) is 0 Å². The van der Waals surface area contributed by atoms with Crippen LogP contribution in [-0.2, 0) is 0 Å². The molecule has 0 radical (unpaired) electrons. The van der Waals surface area contributed by atoms with Crippen molar-refractivity contribution in [2.45, 2.75) is 38.1 Å². The second-order valence-corrected chi connectivity index (χ2v) is 5.03. The summed E-state index contributed by atoms with van der Waals surface area (Å²) in [4.78, 5) is 4.03. The molecule has 0 spiro atoms. The van der Waals surface area contributed by atoms with Crippen molar-refractivity contribution >= 4 is 11.6 Å². The van der Waals surface area contributed by atoms with Crippen molar-refractivity contribution in [1.29, 1.82) is 0 Å². The molecule has 1 atom stereocenters. The monoisotopic (exact) mass is 238 g/mol. The third-order valence-electron chi connectivity index (χ3n) is 3.57. The quantitative estimate of drug-likeness (QED) is 0.868. The molecule has 88 valence electrons. The Balaban J connectivity index is 2.06. The van der Waals surface area contributed by atoms with E-state index in [1.807, 2.05) is 19.3 Å². The van der Waals surface area contributed by atoms with Gasteiger partial charge in [-0.1, -0.05) is 37.3 Å². The molecular formula is C13H19ClN2. The number of rotatable bonds is 4. The Labute approximate surface area is 102 Å². The van der Waals surface area contributed by atoms with E-state index in [1.165, 1.54) is 37.7 Å². The number of pyridine rings is 1. The van der Waals surface area contributed by atoms with Crippen LogP contribution < -0.4 is 5.32 Å². The van der Waals surface area contributed by atoms with Crippen LogP contribution in [-0.4, -0.2) is 12.0 Å². The smallest absolute Gasteiger partial charge is 0.0637 e. The van der Waals surface area contributed by atoms with Gasteiger partial charge in [0.05, 0.1) is 5.02 Å². The van der Waals surface area contributed by atoms with Crippen LogP contribution in [0, 0.1) is 5.92 Å². The van der Waals surface area contributed by atoms with Crippen LogP contribution in [0.2, 0.25) is 5.02 Å². The molecule has 0 aromatic carbocycles. The van der Waals surface area contributed by atoms with Crippen LogP contribution in [0.4, 0.5) is 0 Å². The third kappa shape index (κ3) is 2.74. The molecule has 0 amide bonds. The lowest BCUT2D eigenvalue weighted by atomic mass is 9.94. The molecule has 1 aliphatic carbocycles. The summed E-state index contributed by atoms with van der Waals surface area (Å²) >= 11 is 6.18. The molecule has 0 bridgehead atoms. The molecule has 1 aliphatic rings. The third-order valence-corrected chi connectivity index (χ3v) is 3.89. The second-order valence-electron chi connectivity index (χ2n) is 4.62. The topological polar surface area (TPSA) is 24.9 Å². The maximum absolute atomic E-state index is 6.18. The lowest BCUT2D eigenvalue weighted by Gasteiger charge is -2.21. The standard InChI is InChI=1S/C13H19ClN2/c1-15-13(8-10-4-2-3-5-10)11-6-7-16-9-12(11)14/h6-7,9-10,13,15H,2-5,8H2,1H3. The number of hydrogen-bond acceptors (Lipinski definition) is 2. The Morgan fingerprint density at radius 1 is 1.50 bits per heavy atom. The molecule has 2 nitrogen and oxygen atoms in total. The van der Waals surface area contributed by atoms with Gasteiger partial charge in [0.25, 0.3) is 0 Å². The summed E-state index contributed by atoms with van der Waals surface area (Å²) in [6.07, 6.45) is 10.3. The number of hydrogen-bond donors (Lipinski definition) is 1. The molecule has 2 rings (SSSR count). The van der Waals surface area contributed by atoms with E-state index in [4.69, 9.17) is 11.6 Å². The SMILES string of the molecule is CNC(CC1CCCC1)c1ccncc1Cl. The van der Waals surface area contributed by atoms with Gasteiger partial charge in [-0.15, -0.1) is 0 Å². The second kappa shape index (κ2) is 5.65. The predicted octanol–water partition coefficient (Wildman–Crippen LogP) is 3.58. The number of nitrogens with one attached hydrogen (secondary N) is 1. The van der Waals surface area contributed by atoms with Crippen molar-refractivity contribution in [3.63, 3.8) is 0 Å². The van der Waals surface area contributed by atoms with E-state index >= 15 is 0 Å². The van der Waals surface area contributed by atoms with Gasteiger partial charge < -0.3 is 5.32 Å². The average molecular weight is 239 g/mol. The highest BCUT2D eigenvalue weighted by Crippen LogP contribution is 2.34. The summed E-state index contributed by atoms with van der Waals surface area (Å²) in [7, 11) is 2.01. The lowest BCUT2D eigenvalue weighted by molar-refractivity contribution is 0.413. The van der Waals surface area contributed by atoms with Crippen LogP contribution >= 0.6 is 11.6 Å². The molecule has 1 fully saturated rings. The summed E-state index contributed by atoms with van der Waals surface area (Å²) in [6, 6.07) is 2.40. The van der Waals surface area contributed by atoms with Gasteiger partial charge in [0, 0.05) is 18.4 Å². The van der Waals surface area contributed by atoms with Crippen LogP contribution in [0.25, 0.3) is 0 Å². The van der Waals surface area contributed by atoms with E-state index in [1.54, 1.807) is 6.20 Å². The fraction of sp³-hybridized carbons (Fsp3) is 0.615. The summed E-state index contributed by atoms with van der Waals surface area (Å²) in [5.41, 5.74) is 1.19. The van der Waals surface area contributed by atoms with Gasteiger partial charge in [0.1, 0.15) is 0 Å². The van der Waals surface area contributed by atoms with Crippen molar-refractivity contribution in [3.05, 3.63) is 29.0 Å². The van der Waals surface area contributed by atoms with E-state index in [9.17, 15) is 0 Å². The van der Waals surface area contributed by atoms with E-state index < -0.39 is 0 Å². The fourth-order valence-electron chi connectivity index (χ4n) is 2.65. The molecule has 1 aromatic rings. The Hall–Kier alpha value is -0.600. The average Bonchev–Trinajstić information content (AvgIpc) is 2.80. The molecule has 1 unspecified atom stereocenters. The van der Waals surface area contributed by atoms with Gasteiger partial charge in [-0.3, -0.25) is 4.98 Å². The Kier molecular flexibility index (Phi) is 4.19. The van der Waals surface area contributed by atoms with Crippen molar-refractivity contribution in [2.24, 2.45) is 5.92 Å². The van der Waals surface area contributed by atoms with E-state index in [0.717, 1.165) is 10.9 Å². The molecule has 16 heavy (non-hydrogen) atoms. The number of aromatic nitrogens is 1. The van der Waals surface area contributed by atoms with Crippen LogP contribution in [0.5, 0.6) is 0 Å². The minimum atomic E-state index is 0.374. The molecule has 1 aromatic heterocycles. The first-order valence-corrected chi connectivity index (χ1v) is 6.45. The van der Waals surface area contributed by atoms with E-state index in [0.29, 0.717) is 6.04 Å². The molecule has 0 aliphatic heterocycles. The molecule has 1 saturated carbocycles. The van der Waals surface area contributed by atoms with Gasteiger partial charge in [-0.2, -0.15) is 0 Å². The summed E-state index contributed by atoms with van der Waals surface area (Å²) < 4.78 is 0. The highest BCUT2D eigenvalue weighted by atomic mass is 35.5. The van der Waals surface area contributed by atoms with Crippen molar-refractivity contribution < 1.29 is 0 Å². The van der Waals surface area contributed by atoms with Crippen LogP contribution in [0.3, 0.4) is 0 Å². The normalized spacial score (nSPS) is 18.9.